The second-order valence-electron chi connectivity index (χ2n) is 2.13. The molecule has 11 heavy (non-hydrogen) atoms. The summed E-state index contributed by atoms with van der Waals surface area (Å²) in [6.07, 6.45) is 1.56. The molecular weight excluding hydrogens is 272 g/mol. The van der Waals surface area contributed by atoms with Crippen molar-refractivity contribution in [1.29, 1.82) is 0 Å². The fraction of sp³-hybridized carbons (Fsp3) is 0. The van der Waals surface area contributed by atoms with Gasteiger partial charge in [-0.3, -0.25) is 0 Å². The Hall–Kier alpha value is -0.350. The van der Waals surface area contributed by atoms with Crippen LogP contribution in [0.1, 0.15) is 0 Å². The first-order valence-electron chi connectivity index (χ1n) is 3.00. The molecule has 0 fully saturated rings. The summed E-state index contributed by atoms with van der Waals surface area (Å²) < 4.78 is 1.98. The highest BCUT2D eigenvalue weighted by molar-refractivity contribution is 9.11. The number of hydrogen-bond donors (Lipinski definition) is 0. The van der Waals surface area contributed by atoms with Gasteiger partial charge in [-0.15, -0.1) is 0 Å². The lowest BCUT2D eigenvalue weighted by atomic mass is 10.3. The Morgan fingerprint density at radius 2 is 2.00 bits per heavy atom. The van der Waals surface area contributed by atoms with Gasteiger partial charge in [0.25, 0.3) is 0 Å². The molecule has 1 heterocycles. The monoisotopic (exact) mass is 273 g/mol. The quantitative estimate of drug-likeness (QED) is 0.695. The van der Waals surface area contributed by atoms with Crippen molar-refractivity contribution in [3.8, 4) is 0 Å². The van der Waals surface area contributed by atoms with Crippen molar-refractivity contribution in [2.75, 3.05) is 0 Å². The van der Waals surface area contributed by atoms with Crippen LogP contribution < -0.4 is 5.32 Å². The normalized spacial score (nSPS) is 12.9. The number of aliphatic imine (C=N–C) groups is 1. The maximum atomic E-state index is 4.08. The van der Waals surface area contributed by atoms with E-state index < -0.39 is 0 Å². The molecule has 0 saturated heterocycles. The van der Waals surface area contributed by atoms with E-state index in [2.05, 4.69) is 42.2 Å². The summed E-state index contributed by atoms with van der Waals surface area (Å²) in [6.45, 7) is 0. The third-order valence-corrected chi connectivity index (χ3v) is 2.45. The smallest absolute Gasteiger partial charge is 0.116 e. The Kier molecular flexibility index (Phi) is 1.73. The molecular formula is C7H3Br2N2. The van der Waals surface area contributed by atoms with Crippen molar-refractivity contribution in [2.45, 2.75) is 0 Å². The van der Waals surface area contributed by atoms with Gasteiger partial charge in [0.05, 0.1) is 5.69 Å². The van der Waals surface area contributed by atoms with Crippen molar-refractivity contribution >= 4 is 49.6 Å². The highest BCUT2D eigenvalue weighted by atomic mass is 79.9. The number of rotatable bonds is 0. The number of nitrogens with zero attached hydrogens (tertiary/aromatic N) is 2. The van der Waals surface area contributed by atoms with E-state index in [1.165, 1.54) is 0 Å². The molecule has 2 rings (SSSR count). The molecule has 1 aliphatic rings. The van der Waals surface area contributed by atoms with E-state index in [1.54, 1.807) is 6.34 Å². The average Bonchev–Trinajstić information content (AvgIpc) is 2.34. The second kappa shape index (κ2) is 2.60. The van der Waals surface area contributed by atoms with Gasteiger partial charge in [0, 0.05) is 8.95 Å². The fourth-order valence-corrected chi connectivity index (χ4v) is 2.23. The first kappa shape index (κ1) is 7.31. The van der Waals surface area contributed by atoms with Crippen molar-refractivity contribution < 1.29 is 0 Å². The second-order valence-corrected chi connectivity index (χ2v) is 3.90. The van der Waals surface area contributed by atoms with Crippen LogP contribution in [-0.4, -0.2) is 6.34 Å². The summed E-state index contributed by atoms with van der Waals surface area (Å²) in [5, 5.41) is 4.08. The van der Waals surface area contributed by atoms with Gasteiger partial charge in [0.15, 0.2) is 0 Å². The summed E-state index contributed by atoms with van der Waals surface area (Å²) in [4.78, 5) is 4.07. The molecule has 2 nitrogen and oxygen atoms in total. The van der Waals surface area contributed by atoms with Crippen LogP contribution in [0.15, 0.2) is 26.1 Å². The summed E-state index contributed by atoms with van der Waals surface area (Å²) >= 11 is 6.76. The lowest BCUT2D eigenvalue weighted by Crippen LogP contribution is -1.86. The third kappa shape index (κ3) is 1.20. The minimum absolute atomic E-state index is 0.909. The van der Waals surface area contributed by atoms with Crippen LogP contribution >= 0.6 is 31.9 Å². The molecule has 0 aromatic heterocycles. The number of fused-ring (bicyclic) bond motifs is 1. The molecule has 4 heteroatoms. The standard InChI is InChI=1S/C7H3Br2N2/c8-4-1-5(9)7-6(2-4)10-3-11-7/h1-3H. The number of benzene rings is 1. The molecule has 1 radical (unpaired) electrons. The van der Waals surface area contributed by atoms with Crippen LogP contribution in [0.5, 0.6) is 0 Å². The Balaban J connectivity index is 2.66. The molecule has 0 saturated carbocycles. The molecule has 55 valence electrons. The van der Waals surface area contributed by atoms with Gasteiger partial charge in [-0.25, -0.2) is 10.3 Å². The molecule has 0 spiro atoms. The van der Waals surface area contributed by atoms with Crippen molar-refractivity contribution in [1.82, 2.24) is 5.32 Å². The van der Waals surface area contributed by atoms with Gasteiger partial charge in [-0.2, -0.15) is 0 Å². The van der Waals surface area contributed by atoms with E-state index >= 15 is 0 Å². The van der Waals surface area contributed by atoms with Gasteiger partial charge < -0.3 is 0 Å². The van der Waals surface area contributed by atoms with Crippen LogP contribution in [0, 0.1) is 0 Å². The fourth-order valence-electron chi connectivity index (χ4n) is 0.927. The zero-order valence-electron chi connectivity index (χ0n) is 5.38. The molecule has 0 atom stereocenters. The van der Waals surface area contributed by atoms with E-state index in [-0.39, 0.29) is 0 Å². The summed E-state index contributed by atoms with van der Waals surface area (Å²) in [7, 11) is 0. The summed E-state index contributed by atoms with van der Waals surface area (Å²) in [5.41, 5.74) is 1.82. The maximum absolute atomic E-state index is 4.08. The molecule has 0 aliphatic carbocycles. The lowest BCUT2D eigenvalue weighted by Gasteiger charge is -1.99. The van der Waals surface area contributed by atoms with E-state index in [1.807, 2.05) is 12.1 Å². The summed E-state index contributed by atoms with van der Waals surface area (Å²) in [6, 6.07) is 3.89. The SMILES string of the molecule is Brc1cc(Br)c2c(c1)N=C[N]2. The highest BCUT2D eigenvalue weighted by Gasteiger charge is 2.11. The van der Waals surface area contributed by atoms with Crippen LogP contribution in [0.2, 0.25) is 0 Å². The molecule has 1 aromatic carbocycles. The summed E-state index contributed by atoms with van der Waals surface area (Å²) in [5.74, 6) is 0. The molecule has 0 N–H and O–H groups in total. The minimum Gasteiger partial charge on any atom is -0.235 e. The number of halogens is 2. The van der Waals surface area contributed by atoms with Crippen molar-refractivity contribution in [3.05, 3.63) is 21.1 Å². The van der Waals surface area contributed by atoms with E-state index in [0.717, 1.165) is 20.3 Å². The topological polar surface area (TPSA) is 26.5 Å². The maximum Gasteiger partial charge on any atom is 0.116 e. The van der Waals surface area contributed by atoms with Crippen molar-refractivity contribution in [3.63, 3.8) is 0 Å². The number of hydrogen-bond acceptors (Lipinski definition) is 1. The molecule has 0 amide bonds. The Bertz CT molecular complexity index is 333. The Morgan fingerprint density at radius 1 is 1.18 bits per heavy atom. The highest BCUT2D eigenvalue weighted by Crippen LogP contribution is 2.38. The lowest BCUT2D eigenvalue weighted by molar-refractivity contribution is 1.33. The van der Waals surface area contributed by atoms with Crippen LogP contribution in [0.25, 0.3) is 0 Å². The minimum atomic E-state index is 0.909. The van der Waals surface area contributed by atoms with Gasteiger partial charge in [-0.1, -0.05) is 15.9 Å². The van der Waals surface area contributed by atoms with Gasteiger partial charge in [0.2, 0.25) is 0 Å². The van der Waals surface area contributed by atoms with E-state index in [9.17, 15) is 0 Å². The van der Waals surface area contributed by atoms with Gasteiger partial charge in [-0.05, 0) is 28.1 Å². The first-order valence-corrected chi connectivity index (χ1v) is 4.58. The Labute approximate surface area is 81.0 Å². The third-order valence-electron chi connectivity index (χ3n) is 1.39. The zero-order chi connectivity index (χ0) is 7.84. The van der Waals surface area contributed by atoms with E-state index in [0.29, 0.717) is 0 Å². The van der Waals surface area contributed by atoms with Crippen LogP contribution in [0.3, 0.4) is 0 Å². The predicted molar refractivity (Wildman–Crippen MR) is 51.8 cm³/mol. The van der Waals surface area contributed by atoms with Crippen LogP contribution in [0.4, 0.5) is 11.4 Å². The average molecular weight is 275 g/mol. The van der Waals surface area contributed by atoms with Crippen molar-refractivity contribution in [2.24, 2.45) is 4.99 Å². The predicted octanol–water partition coefficient (Wildman–Crippen LogP) is 3.12. The van der Waals surface area contributed by atoms with Crippen LogP contribution in [-0.2, 0) is 0 Å². The van der Waals surface area contributed by atoms with Gasteiger partial charge >= 0.3 is 0 Å². The molecule has 0 bridgehead atoms. The Morgan fingerprint density at radius 3 is 2.82 bits per heavy atom. The molecule has 0 unspecified atom stereocenters. The zero-order valence-corrected chi connectivity index (χ0v) is 8.55. The van der Waals surface area contributed by atoms with E-state index in [4.69, 9.17) is 0 Å². The molecule has 1 aliphatic heterocycles. The van der Waals surface area contributed by atoms with Gasteiger partial charge in [0.1, 0.15) is 12.0 Å². The largest absolute Gasteiger partial charge is 0.235 e. The first-order chi connectivity index (χ1) is 5.27. The molecule has 1 aromatic rings.